The van der Waals surface area contributed by atoms with Gasteiger partial charge < -0.3 is 0 Å². The van der Waals surface area contributed by atoms with E-state index in [0.717, 1.165) is 18.5 Å². The van der Waals surface area contributed by atoms with Gasteiger partial charge in [0.15, 0.2) is 5.65 Å². The molecule has 86 valence electrons. The third kappa shape index (κ3) is 2.47. The number of alkyl halides is 1. The van der Waals surface area contributed by atoms with Crippen molar-refractivity contribution in [2.24, 2.45) is 5.92 Å². The van der Waals surface area contributed by atoms with Crippen molar-refractivity contribution in [2.75, 3.05) is 0 Å². The van der Waals surface area contributed by atoms with Crippen molar-refractivity contribution in [1.82, 2.24) is 25.0 Å². The second-order valence-corrected chi connectivity index (χ2v) is 4.90. The van der Waals surface area contributed by atoms with E-state index in [-0.39, 0.29) is 5.38 Å². The molecule has 2 aromatic rings. The van der Waals surface area contributed by atoms with Crippen molar-refractivity contribution >= 4 is 17.2 Å². The molecule has 0 saturated carbocycles. The molecule has 0 amide bonds. The molecule has 16 heavy (non-hydrogen) atoms. The molecular formula is C10H14ClN5. The smallest absolute Gasteiger partial charge is 0.197 e. The van der Waals surface area contributed by atoms with Gasteiger partial charge in [0.2, 0.25) is 0 Å². The summed E-state index contributed by atoms with van der Waals surface area (Å²) in [5.41, 5.74) is 1.61. The van der Waals surface area contributed by atoms with Crippen molar-refractivity contribution < 1.29 is 0 Å². The molecule has 0 saturated heterocycles. The van der Waals surface area contributed by atoms with Crippen molar-refractivity contribution in [3.63, 3.8) is 0 Å². The van der Waals surface area contributed by atoms with E-state index in [0.29, 0.717) is 11.6 Å². The minimum Gasteiger partial charge on any atom is -0.259 e. The number of nitrogens with zero attached hydrogens (tertiary/aromatic N) is 5. The van der Waals surface area contributed by atoms with Crippen LogP contribution in [0.25, 0.3) is 5.65 Å². The summed E-state index contributed by atoms with van der Waals surface area (Å²) < 4.78 is 1.68. The number of hydrogen-bond donors (Lipinski definition) is 0. The molecule has 0 aliphatic carbocycles. The van der Waals surface area contributed by atoms with E-state index >= 15 is 0 Å². The predicted molar refractivity (Wildman–Crippen MR) is 61.4 cm³/mol. The highest BCUT2D eigenvalue weighted by molar-refractivity contribution is 6.20. The first-order valence-electron chi connectivity index (χ1n) is 5.32. The fourth-order valence-corrected chi connectivity index (χ4v) is 2.20. The van der Waals surface area contributed by atoms with Gasteiger partial charge in [0.25, 0.3) is 0 Å². The van der Waals surface area contributed by atoms with Crippen LogP contribution in [-0.2, 0) is 6.42 Å². The molecule has 6 heteroatoms. The Labute approximate surface area is 98.8 Å². The number of halogens is 1. The Morgan fingerprint density at radius 3 is 2.94 bits per heavy atom. The van der Waals surface area contributed by atoms with Crippen molar-refractivity contribution in [3.05, 3.63) is 18.1 Å². The fraction of sp³-hybridized carbons (Fsp3) is 0.600. The lowest BCUT2D eigenvalue weighted by Gasteiger charge is -2.11. The Bertz CT molecular complexity index is 467. The molecule has 0 radical (unpaired) electrons. The third-order valence-corrected chi connectivity index (χ3v) is 2.67. The normalized spacial score (nSPS) is 13.5. The van der Waals surface area contributed by atoms with E-state index < -0.39 is 0 Å². The number of rotatable bonds is 4. The molecule has 2 heterocycles. The first-order chi connectivity index (χ1) is 7.66. The summed E-state index contributed by atoms with van der Waals surface area (Å²) in [5.74, 6) is 0.587. The number of aromatic nitrogens is 5. The van der Waals surface area contributed by atoms with Crippen LogP contribution in [0.15, 0.2) is 12.4 Å². The largest absolute Gasteiger partial charge is 0.259 e. The van der Waals surface area contributed by atoms with Crippen molar-refractivity contribution in [3.8, 4) is 0 Å². The first kappa shape index (κ1) is 11.3. The molecule has 0 spiro atoms. The molecule has 0 aliphatic heterocycles. The van der Waals surface area contributed by atoms with Gasteiger partial charge in [-0.15, -0.1) is 16.7 Å². The fourth-order valence-electron chi connectivity index (χ4n) is 1.68. The molecule has 0 fully saturated rings. The average molecular weight is 240 g/mol. The molecule has 0 aliphatic rings. The van der Waals surface area contributed by atoms with Crippen LogP contribution in [0.3, 0.4) is 0 Å². The second kappa shape index (κ2) is 4.74. The Kier molecular flexibility index (Phi) is 3.33. The lowest BCUT2D eigenvalue weighted by molar-refractivity contribution is 0.554. The predicted octanol–water partition coefficient (Wildman–Crippen LogP) is 1.72. The lowest BCUT2D eigenvalue weighted by Crippen LogP contribution is -2.11. The molecular weight excluding hydrogens is 226 g/mol. The van der Waals surface area contributed by atoms with Crippen molar-refractivity contribution in [2.45, 2.75) is 32.1 Å². The lowest BCUT2D eigenvalue weighted by atomic mass is 10.1. The number of fused-ring (bicyclic) bond motifs is 1. The molecule has 1 atom stereocenters. The standard InChI is InChI=1S/C10H14ClN5/c1-7(2)3-8(11)4-9-5-12-6-10-13-14-15-16(9)10/h5-8H,3-4H2,1-2H3. The van der Waals surface area contributed by atoms with Gasteiger partial charge in [-0.25, -0.2) is 0 Å². The van der Waals surface area contributed by atoms with E-state index in [9.17, 15) is 0 Å². The van der Waals surface area contributed by atoms with Gasteiger partial charge in [0, 0.05) is 18.0 Å². The van der Waals surface area contributed by atoms with Crippen LogP contribution in [0.1, 0.15) is 26.0 Å². The maximum absolute atomic E-state index is 6.27. The Balaban J connectivity index is 2.17. The van der Waals surface area contributed by atoms with Crippen LogP contribution < -0.4 is 0 Å². The van der Waals surface area contributed by atoms with Gasteiger partial charge in [0.1, 0.15) is 0 Å². The van der Waals surface area contributed by atoms with Gasteiger partial charge in [-0.2, -0.15) is 4.52 Å². The molecule has 0 N–H and O–H groups in total. The summed E-state index contributed by atoms with van der Waals surface area (Å²) >= 11 is 6.27. The Morgan fingerprint density at radius 2 is 2.19 bits per heavy atom. The summed E-state index contributed by atoms with van der Waals surface area (Å²) in [5, 5.41) is 11.5. The number of hydrogen-bond acceptors (Lipinski definition) is 4. The molecule has 1 unspecified atom stereocenters. The van der Waals surface area contributed by atoms with Crippen LogP contribution in [0.4, 0.5) is 0 Å². The van der Waals surface area contributed by atoms with Gasteiger partial charge in [-0.05, 0) is 22.8 Å². The van der Waals surface area contributed by atoms with Crippen LogP contribution >= 0.6 is 11.6 Å². The minimum absolute atomic E-state index is 0.0941. The van der Waals surface area contributed by atoms with Crippen LogP contribution in [0.5, 0.6) is 0 Å². The second-order valence-electron chi connectivity index (χ2n) is 4.28. The van der Waals surface area contributed by atoms with E-state index in [1.807, 2.05) is 0 Å². The molecule has 0 aromatic carbocycles. The summed E-state index contributed by atoms with van der Waals surface area (Å²) in [6, 6.07) is 0. The highest BCUT2D eigenvalue weighted by atomic mass is 35.5. The average Bonchev–Trinajstić information content (AvgIpc) is 2.65. The third-order valence-electron chi connectivity index (χ3n) is 2.34. The van der Waals surface area contributed by atoms with Crippen LogP contribution in [-0.4, -0.2) is 30.4 Å². The first-order valence-corrected chi connectivity index (χ1v) is 5.75. The zero-order valence-corrected chi connectivity index (χ0v) is 10.1. The monoisotopic (exact) mass is 239 g/mol. The van der Waals surface area contributed by atoms with E-state index in [4.69, 9.17) is 11.6 Å². The summed E-state index contributed by atoms with van der Waals surface area (Å²) in [6.45, 7) is 4.32. The maximum Gasteiger partial charge on any atom is 0.197 e. The zero-order chi connectivity index (χ0) is 11.5. The topological polar surface area (TPSA) is 56.0 Å². The highest BCUT2D eigenvalue weighted by Crippen LogP contribution is 2.15. The van der Waals surface area contributed by atoms with Gasteiger partial charge in [0.05, 0.1) is 11.9 Å². The van der Waals surface area contributed by atoms with Crippen LogP contribution in [0, 0.1) is 5.92 Å². The van der Waals surface area contributed by atoms with Crippen molar-refractivity contribution in [1.29, 1.82) is 0 Å². The minimum atomic E-state index is 0.0941. The van der Waals surface area contributed by atoms with E-state index in [2.05, 4.69) is 34.4 Å². The van der Waals surface area contributed by atoms with E-state index in [1.54, 1.807) is 16.9 Å². The molecule has 0 bridgehead atoms. The maximum atomic E-state index is 6.27. The Hall–Kier alpha value is -1.23. The molecule has 5 nitrogen and oxygen atoms in total. The summed E-state index contributed by atoms with van der Waals surface area (Å²) in [4.78, 5) is 4.10. The summed E-state index contributed by atoms with van der Waals surface area (Å²) in [7, 11) is 0. The Morgan fingerprint density at radius 1 is 1.38 bits per heavy atom. The van der Waals surface area contributed by atoms with Gasteiger partial charge in [-0.1, -0.05) is 13.8 Å². The quantitative estimate of drug-likeness (QED) is 0.763. The highest BCUT2D eigenvalue weighted by Gasteiger charge is 2.12. The molecule has 2 aromatic heterocycles. The SMILES string of the molecule is CC(C)CC(Cl)Cc1cncc2nnnn12. The molecule has 2 rings (SSSR count). The van der Waals surface area contributed by atoms with Gasteiger partial charge >= 0.3 is 0 Å². The zero-order valence-electron chi connectivity index (χ0n) is 9.34. The number of tetrazole rings is 1. The van der Waals surface area contributed by atoms with E-state index in [1.165, 1.54) is 0 Å². The van der Waals surface area contributed by atoms with Gasteiger partial charge in [-0.3, -0.25) is 4.98 Å². The van der Waals surface area contributed by atoms with Crippen LogP contribution in [0.2, 0.25) is 0 Å². The summed E-state index contributed by atoms with van der Waals surface area (Å²) in [6.07, 6.45) is 5.10.